The van der Waals surface area contributed by atoms with Crippen LogP contribution in [-0.4, -0.2) is 0 Å². The minimum absolute atomic E-state index is 1.37. The molecule has 4 aromatic heterocycles. The highest BCUT2D eigenvalue weighted by Crippen LogP contribution is 2.13. The van der Waals surface area contributed by atoms with Crippen molar-refractivity contribution in [3.8, 4) is 0 Å². The fraction of sp³-hybridized carbons (Fsp3) is 0.529. The lowest BCUT2D eigenvalue weighted by molar-refractivity contribution is 0.531. The van der Waals surface area contributed by atoms with Crippen molar-refractivity contribution in [2.45, 2.75) is 117 Å². The first kappa shape index (κ1) is 36.8. The Labute approximate surface area is 252 Å². The van der Waals surface area contributed by atoms with E-state index in [-0.39, 0.29) is 0 Å². The average molecular weight is 591 g/mol. The van der Waals surface area contributed by atoms with Crippen molar-refractivity contribution in [1.29, 1.82) is 0 Å². The molecule has 4 heterocycles. The van der Waals surface area contributed by atoms with Crippen LogP contribution in [0.15, 0.2) is 91.6 Å². The van der Waals surface area contributed by atoms with Gasteiger partial charge in [0.15, 0.2) is 0 Å². The molecule has 0 N–H and O–H groups in total. The average Bonchev–Trinajstić information content (AvgIpc) is 3.81. The second-order valence-electron chi connectivity index (χ2n) is 9.12. The quantitative estimate of drug-likeness (QED) is 0.121. The van der Waals surface area contributed by atoms with Crippen LogP contribution in [-0.2, 0) is 0 Å². The van der Waals surface area contributed by atoms with Crippen molar-refractivity contribution in [3.05, 3.63) is 91.6 Å². The van der Waals surface area contributed by atoms with Crippen molar-refractivity contribution >= 4 is 45.3 Å². The van der Waals surface area contributed by atoms with Gasteiger partial charge in [-0.25, -0.2) is 0 Å². The van der Waals surface area contributed by atoms with E-state index in [1.54, 1.807) is 45.3 Å². The number of hydrogen-bond donors (Lipinski definition) is 0. The summed E-state index contributed by atoms with van der Waals surface area (Å²) in [6.45, 7) is 4.59. The SMILES string of the molecule is CCCCCCCCCCCCCCCCCC.c1ccsc1.c1ccsc1.c1ccsc1.c1ccsc1. The predicted octanol–water partition coefficient (Wildman–Crippen LogP) is 14.3. The lowest BCUT2D eigenvalue weighted by atomic mass is 10.0. The lowest BCUT2D eigenvalue weighted by Crippen LogP contribution is -1.83. The summed E-state index contributed by atoms with van der Waals surface area (Å²) in [6.07, 6.45) is 23.4. The van der Waals surface area contributed by atoms with Gasteiger partial charge in [-0.1, -0.05) is 165 Å². The number of unbranched alkanes of at least 4 members (excludes halogenated alkanes) is 15. The van der Waals surface area contributed by atoms with Gasteiger partial charge in [0.1, 0.15) is 0 Å². The normalized spacial score (nSPS) is 9.42. The zero-order chi connectivity index (χ0) is 27.5. The highest BCUT2D eigenvalue weighted by atomic mass is 32.1. The zero-order valence-electron chi connectivity index (χ0n) is 24.2. The maximum Gasteiger partial charge on any atom is -0.00934 e. The summed E-state index contributed by atoms with van der Waals surface area (Å²) in [7, 11) is 0. The summed E-state index contributed by atoms with van der Waals surface area (Å²) in [5, 5.41) is 16.3. The van der Waals surface area contributed by atoms with E-state index in [0.717, 1.165) is 0 Å². The van der Waals surface area contributed by atoms with E-state index in [1.807, 2.05) is 91.6 Å². The molecular formula is C34H54S4. The van der Waals surface area contributed by atoms with Crippen LogP contribution in [0.4, 0.5) is 0 Å². The van der Waals surface area contributed by atoms with Gasteiger partial charge in [0.25, 0.3) is 0 Å². The van der Waals surface area contributed by atoms with Crippen LogP contribution in [0.2, 0.25) is 0 Å². The maximum atomic E-state index is 2.29. The Morgan fingerprint density at radius 3 is 0.526 bits per heavy atom. The second kappa shape index (κ2) is 35.8. The molecule has 0 saturated heterocycles. The molecule has 0 unspecified atom stereocenters. The van der Waals surface area contributed by atoms with E-state index in [4.69, 9.17) is 0 Å². The molecule has 0 bridgehead atoms. The molecule has 0 amide bonds. The fourth-order valence-electron chi connectivity index (χ4n) is 3.53. The second-order valence-corrected chi connectivity index (χ2v) is 12.4. The maximum absolute atomic E-state index is 2.29. The van der Waals surface area contributed by atoms with Gasteiger partial charge in [0.2, 0.25) is 0 Å². The van der Waals surface area contributed by atoms with E-state index >= 15 is 0 Å². The smallest absolute Gasteiger partial charge is 0.00934 e. The third-order valence-electron chi connectivity index (χ3n) is 5.66. The molecule has 0 saturated carbocycles. The van der Waals surface area contributed by atoms with Crippen molar-refractivity contribution < 1.29 is 0 Å². The van der Waals surface area contributed by atoms with E-state index in [1.165, 1.54) is 103 Å². The summed E-state index contributed by atoms with van der Waals surface area (Å²) in [5.41, 5.74) is 0. The summed E-state index contributed by atoms with van der Waals surface area (Å²) in [5.74, 6) is 0. The van der Waals surface area contributed by atoms with Gasteiger partial charge in [0, 0.05) is 0 Å². The molecule has 0 radical (unpaired) electrons. The largest absolute Gasteiger partial charge is 0.152 e. The van der Waals surface area contributed by atoms with Gasteiger partial charge in [-0.15, -0.1) is 0 Å². The van der Waals surface area contributed by atoms with Gasteiger partial charge in [-0.2, -0.15) is 45.3 Å². The van der Waals surface area contributed by atoms with Crippen molar-refractivity contribution in [1.82, 2.24) is 0 Å². The molecule has 0 aliphatic heterocycles. The lowest BCUT2D eigenvalue weighted by Gasteiger charge is -2.03. The van der Waals surface area contributed by atoms with Crippen LogP contribution in [0.5, 0.6) is 0 Å². The first-order valence-corrected chi connectivity index (χ1v) is 18.6. The Balaban J connectivity index is 0.000000539. The van der Waals surface area contributed by atoms with Crippen LogP contribution in [0.1, 0.15) is 117 Å². The Morgan fingerprint density at radius 1 is 0.263 bits per heavy atom. The van der Waals surface area contributed by atoms with E-state index < -0.39 is 0 Å². The van der Waals surface area contributed by atoms with E-state index in [0.29, 0.717) is 0 Å². The molecule has 0 fully saturated rings. The summed E-state index contributed by atoms with van der Waals surface area (Å²) < 4.78 is 0. The fourth-order valence-corrected chi connectivity index (χ4v) is 5.34. The van der Waals surface area contributed by atoms with Gasteiger partial charge >= 0.3 is 0 Å². The molecule has 0 aliphatic carbocycles. The van der Waals surface area contributed by atoms with Crippen molar-refractivity contribution in [2.24, 2.45) is 0 Å². The molecular weight excluding hydrogens is 537 g/mol. The topological polar surface area (TPSA) is 0 Å². The number of rotatable bonds is 15. The molecule has 38 heavy (non-hydrogen) atoms. The van der Waals surface area contributed by atoms with Gasteiger partial charge < -0.3 is 0 Å². The predicted molar refractivity (Wildman–Crippen MR) is 182 cm³/mol. The van der Waals surface area contributed by atoms with Crippen LogP contribution in [0.25, 0.3) is 0 Å². The van der Waals surface area contributed by atoms with Gasteiger partial charge in [-0.05, 0) is 43.0 Å². The third kappa shape index (κ3) is 34.8. The summed E-state index contributed by atoms with van der Waals surface area (Å²) in [6, 6.07) is 16.1. The van der Waals surface area contributed by atoms with Crippen LogP contribution in [0, 0.1) is 0 Å². The minimum Gasteiger partial charge on any atom is -0.152 e. The summed E-state index contributed by atoms with van der Waals surface area (Å²) in [4.78, 5) is 0. The monoisotopic (exact) mass is 590 g/mol. The Bertz CT molecular complexity index is 569. The zero-order valence-corrected chi connectivity index (χ0v) is 27.5. The minimum atomic E-state index is 1.37. The first-order valence-electron chi connectivity index (χ1n) is 14.8. The Kier molecular flexibility index (Phi) is 34.7. The molecule has 0 aliphatic rings. The van der Waals surface area contributed by atoms with Crippen molar-refractivity contribution in [3.63, 3.8) is 0 Å². The standard InChI is InChI=1S/C18H38.4C4H4S/c1-3-5-7-9-11-13-15-17-18-16-14-12-10-8-6-4-2;4*1-2-4-5-3-1/h3-18H2,1-2H3;4*1-4H. The molecule has 0 atom stereocenters. The molecule has 0 aromatic carbocycles. The Morgan fingerprint density at radius 2 is 0.421 bits per heavy atom. The molecule has 214 valence electrons. The number of hydrogen-bond acceptors (Lipinski definition) is 4. The van der Waals surface area contributed by atoms with Gasteiger partial charge in [0.05, 0.1) is 0 Å². The highest BCUT2D eigenvalue weighted by molar-refractivity contribution is 7.08. The highest BCUT2D eigenvalue weighted by Gasteiger charge is 1.93. The number of thiophene rings is 4. The third-order valence-corrected chi connectivity index (χ3v) is 8.17. The van der Waals surface area contributed by atoms with Crippen LogP contribution in [0.3, 0.4) is 0 Å². The van der Waals surface area contributed by atoms with Gasteiger partial charge in [-0.3, -0.25) is 0 Å². The molecule has 4 rings (SSSR count). The molecule has 4 aromatic rings. The molecule has 4 heteroatoms. The first-order chi connectivity index (χ1) is 18.9. The molecule has 0 nitrogen and oxygen atoms in total. The van der Waals surface area contributed by atoms with Crippen LogP contribution < -0.4 is 0 Å². The van der Waals surface area contributed by atoms with E-state index in [9.17, 15) is 0 Å². The summed E-state index contributed by atoms with van der Waals surface area (Å²) >= 11 is 6.85. The van der Waals surface area contributed by atoms with Crippen molar-refractivity contribution in [2.75, 3.05) is 0 Å². The van der Waals surface area contributed by atoms with E-state index in [2.05, 4.69) is 13.8 Å². The van der Waals surface area contributed by atoms with Crippen LogP contribution >= 0.6 is 45.3 Å². The molecule has 0 spiro atoms. The Hall–Kier alpha value is -1.20.